The first kappa shape index (κ1) is 10.4. The van der Waals surface area contributed by atoms with Gasteiger partial charge in [0.15, 0.2) is 0 Å². The summed E-state index contributed by atoms with van der Waals surface area (Å²) in [5.41, 5.74) is 4.89. The van der Waals surface area contributed by atoms with Crippen molar-refractivity contribution in [2.24, 2.45) is 0 Å². The molecule has 2 aliphatic carbocycles. The van der Waals surface area contributed by atoms with E-state index in [-0.39, 0.29) is 0 Å². The topological polar surface area (TPSA) is 17.8 Å². The zero-order chi connectivity index (χ0) is 11.9. The Labute approximate surface area is 108 Å². The minimum absolute atomic E-state index is 0.626. The van der Waals surface area contributed by atoms with Crippen LogP contribution in [-0.2, 0) is 12.8 Å². The number of imidazole rings is 1. The van der Waals surface area contributed by atoms with E-state index in [2.05, 4.69) is 33.9 Å². The van der Waals surface area contributed by atoms with Crippen molar-refractivity contribution in [1.29, 1.82) is 0 Å². The molecule has 0 aliphatic heterocycles. The molecule has 2 aliphatic rings. The first-order valence-corrected chi connectivity index (χ1v) is 7.01. The fourth-order valence-corrected chi connectivity index (χ4v) is 3.95. The van der Waals surface area contributed by atoms with Gasteiger partial charge in [0.05, 0.1) is 6.33 Å². The molecule has 0 bridgehead atoms. The van der Waals surface area contributed by atoms with E-state index >= 15 is 0 Å². The first-order chi connectivity index (χ1) is 8.93. The average molecular weight is 238 g/mol. The standard InChI is InChI=1S/C16H18N2/c1-3-12-5-2-6-14-15(18-10-9-17-11-18)8-7-13(4-1)16(12)14/h1,3-4,9-11,14-15H,2,5-8H2. The lowest BCUT2D eigenvalue weighted by atomic mass is 9.71. The number of rotatable bonds is 1. The largest absolute Gasteiger partial charge is 0.334 e. The summed E-state index contributed by atoms with van der Waals surface area (Å²) >= 11 is 0. The zero-order valence-corrected chi connectivity index (χ0v) is 10.5. The molecule has 1 aromatic carbocycles. The molecule has 2 nitrogen and oxygen atoms in total. The normalized spacial score (nSPS) is 25.8. The predicted octanol–water partition coefficient (Wildman–Crippen LogP) is 3.49. The van der Waals surface area contributed by atoms with Crippen LogP contribution < -0.4 is 0 Å². The van der Waals surface area contributed by atoms with Crippen molar-refractivity contribution in [2.45, 2.75) is 44.1 Å². The Morgan fingerprint density at radius 2 is 2.00 bits per heavy atom. The molecule has 0 amide bonds. The lowest BCUT2D eigenvalue weighted by Crippen LogP contribution is -2.27. The van der Waals surface area contributed by atoms with Crippen molar-refractivity contribution >= 4 is 0 Å². The maximum absolute atomic E-state index is 4.23. The van der Waals surface area contributed by atoms with Gasteiger partial charge in [-0.3, -0.25) is 0 Å². The maximum Gasteiger partial charge on any atom is 0.0948 e. The van der Waals surface area contributed by atoms with Crippen molar-refractivity contribution < 1.29 is 0 Å². The van der Waals surface area contributed by atoms with Gasteiger partial charge in [-0.2, -0.15) is 0 Å². The van der Waals surface area contributed by atoms with Gasteiger partial charge >= 0.3 is 0 Å². The van der Waals surface area contributed by atoms with Gasteiger partial charge in [0.1, 0.15) is 0 Å². The fourth-order valence-electron chi connectivity index (χ4n) is 3.95. The summed E-state index contributed by atoms with van der Waals surface area (Å²) in [6.07, 6.45) is 12.5. The Morgan fingerprint density at radius 1 is 1.11 bits per heavy atom. The number of aryl methyl sites for hydroxylation is 2. The molecule has 0 radical (unpaired) electrons. The van der Waals surface area contributed by atoms with E-state index in [0.29, 0.717) is 12.0 Å². The van der Waals surface area contributed by atoms with E-state index in [1.54, 1.807) is 16.7 Å². The van der Waals surface area contributed by atoms with Crippen LogP contribution in [0.15, 0.2) is 36.9 Å². The van der Waals surface area contributed by atoms with Crippen LogP contribution in [0.5, 0.6) is 0 Å². The number of aromatic nitrogens is 2. The van der Waals surface area contributed by atoms with E-state index in [0.717, 1.165) is 0 Å². The van der Waals surface area contributed by atoms with Gasteiger partial charge in [-0.15, -0.1) is 0 Å². The van der Waals surface area contributed by atoms with Crippen LogP contribution in [-0.4, -0.2) is 9.55 Å². The third-order valence-corrected chi connectivity index (χ3v) is 4.70. The molecular weight excluding hydrogens is 220 g/mol. The van der Waals surface area contributed by atoms with Crippen molar-refractivity contribution in [3.8, 4) is 0 Å². The molecule has 2 atom stereocenters. The van der Waals surface area contributed by atoms with Gasteiger partial charge in [0.25, 0.3) is 0 Å². The molecule has 18 heavy (non-hydrogen) atoms. The summed E-state index contributed by atoms with van der Waals surface area (Å²) in [6, 6.07) is 7.54. The Hall–Kier alpha value is -1.57. The Kier molecular flexibility index (Phi) is 2.29. The molecular formula is C16H18N2. The van der Waals surface area contributed by atoms with Gasteiger partial charge in [0, 0.05) is 24.4 Å². The quantitative estimate of drug-likeness (QED) is 0.743. The highest BCUT2D eigenvalue weighted by molar-refractivity contribution is 5.42. The molecule has 92 valence electrons. The van der Waals surface area contributed by atoms with Crippen LogP contribution >= 0.6 is 0 Å². The van der Waals surface area contributed by atoms with Crippen molar-refractivity contribution in [3.63, 3.8) is 0 Å². The summed E-state index contributed by atoms with van der Waals surface area (Å²) in [5, 5.41) is 0. The van der Waals surface area contributed by atoms with Crippen LogP contribution in [0.3, 0.4) is 0 Å². The molecule has 0 saturated heterocycles. The molecule has 2 unspecified atom stereocenters. The van der Waals surface area contributed by atoms with Gasteiger partial charge in [0.2, 0.25) is 0 Å². The molecule has 1 heterocycles. The lowest BCUT2D eigenvalue weighted by Gasteiger charge is -2.38. The second kappa shape index (κ2) is 3.98. The van der Waals surface area contributed by atoms with Crippen LogP contribution in [0.1, 0.15) is 47.9 Å². The van der Waals surface area contributed by atoms with Crippen molar-refractivity contribution in [3.05, 3.63) is 53.6 Å². The highest BCUT2D eigenvalue weighted by atomic mass is 15.1. The van der Waals surface area contributed by atoms with Gasteiger partial charge in [-0.1, -0.05) is 18.2 Å². The smallest absolute Gasteiger partial charge is 0.0948 e. The molecule has 1 aromatic heterocycles. The van der Waals surface area contributed by atoms with Crippen LogP contribution in [0.4, 0.5) is 0 Å². The lowest BCUT2D eigenvalue weighted by molar-refractivity contribution is 0.331. The highest BCUT2D eigenvalue weighted by Gasteiger charge is 2.33. The Bertz CT molecular complexity index is 542. The average Bonchev–Trinajstić information content (AvgIpc) is 2.94. The van der Waals surface area contributed by atoms with E-state index in [4.69, 9.17) is 0 Å². The minimum Gasteiger partial charge on any atom is -0.334 e. The van der Waals surface area contributed by atoms with E-state index < -0.39 is 0 Å². The van der Waals surface area contributed by atoms with Crippen LogP contribution in [0.25, 0.3) is 0 Å². The molecule has 2 aromatic rings. The predicted molar refractivity (Wildman–Crippen MR) is 71.7 cm³/mol. The number of hydrogen-bond acceptors (Lipinski definition) is 1. The third-order valence-electron chi connectivity index (χ3n) is 4.70. The molecule has 0 fully saturated rings. The fraction of sp³-hybridized carbons (Fsp3) is 0.438. The Balaban J connectivity index is 1.83. The number of hydrogen-bond donors (Lipinski definition) is 0. The summed E-state index contributed by atoms with van der Waals surface area (Å²) in [4.78, 5) is 4.23. The second-order valence-electron chi connectivity index (χ2n) is 5.60. The summed E-state index contributed by atoms with van der Waals surface area (Å²) < 4.78 is 2.33. The molecule has 2 heteroatoms. The minimum atomic E-state index is 0.626. The summed E-state index contributed by atoms with van der Waals surface area (Å²) in [5.74, 6) is 0.716. The second-order valence-corrected chi connectivity index (χ2v) is 5.60. The van der Waals surface area contributed by atoms with E-state index in [1.807, 2.05) is 12.5 Å². The van der Waals surface area contributed by atoms with Gasteiger partial charge in [-0.05, 0) is 48.8 Å². The SMILES string of the molecule is c1cc2c3c(c1)CCC(n1ccnc1)C3CCC2. The zero-order valence-electron chi connectivity index (χ0n) is 10.5. The van der Waals surface area contributed by atoms with Crippen molar-refractivity contribution in [1.82, 2.24) is 9.55 Å². The first-order valence-electron chi connectivity index (χ1n) is 7.01. The monoisotopic (exact) mass is 238 g/mol. The Morgan fingerprint density at radius 3 is 2.83 bits per heavy atom. The third kappa shape index (κ3) is 1.45. The molecule has 0 spiro atoms. The van der Waals surface area contributed by atoms with E-state index in [1.165, 1.54) is 32.1 Å². The maximum atomic E-state index is 4.23. The van der Waals surface area contributed by atoms with Gasteiger partial charge < -0.3 is 4.57 Å². The highest BCUT2D eigenvalue weighted by Crippen LogP contribution is 2.46. The van der Waals surface area contributed by atoms with Crippen molar-refractivity contribution in [2.75, 3.05) is 0 Å². The van der Waals surface area contributed by atoms with Crippen LogP contribution in [0.2, 0.25) is 0 Å². The summed E-state index contributed by atoms with van der Waals surface area (Å²) in [6.45, 7) is 0. The van der Waals surface area contributed by atoms with E-state index in [9.17, 15) is 0 Å². The van der Waals surface area contributed by atoms with Crippen LogP contribution in [0, 0.1) is 0 Å². The molecule has 0 N–H and O–H groups in total. The summed E-state index contributed by atoms with van der Waals surface area (Å²) in [7, 11) is 0. The molecule has 4 rings (SSSR count). The van der Waals surface area contributed by atoms with Gasteiger partial charge in [-0.25, -0.2) is 4.98 Å². The number of nitrogens with zero attached hydrogens (tertiary/aromatic N) is 2. The molecule has 0 saturated carbocycles. The number of benzene rings is 1.